The third kappa shape index (κ3) is 9.92. The maximum atomic E-state index is 14.2. The molecule has 0 aromatic heterocycles. The van der Waals surface area contributed by atoms with Crippen LogP contribution >= 0.6 is 0 Å². The zero-order chi connectivity index (χ0) is 32.9. The zero-order valence-electron chi connectivity index (χ0n) is 26.5. The second-order valence-corrected chi connectivity index (χ2v) is 12.9. The van der Waals surface area contributed by atoms with E-state index in [1.165, 1.54) is 4.90 Å². The Morgan fingerprint density at radius 3 is 1.80 bits per heavy atom. The van der Waals surface area contributed by atoms with Gasteiger partial charge in [0.05, 0.1) is 27.0 Å². The third-order valence-electron chi connectivity index (χ3n) is 7.61. The quantitative estimate of drug-likeness (QED) is 0.193. The van der Waals surface area contributed by atoms with Crippen molar-refractivity contribution in [3.63, 3.8) is 0 Å². The number of amides is 2. The molecule has 0 saturated carbocycles. The Balaban J connectivity index is 1.61. The summed E-state index contributed by atoms with van der Waals surface area (Å²) in [6.45, 7) is 0.0654. The summed E-state index contributed by atoms with van der Waals surface area (Å²) in [5.74, 6) is 0.409. The Bertz CT molecular complexity index is 1670. The lowest BCUT2D eigenvalue weighted by Gasteiger charge is -2.33. The Hall–Kier alpha value is -4.67. The van der Waals surface area contributed by atoms with Crippen LogP contribution in [0.4, 0.5) is 0 Å². The first kappa shape index (κ1) is 34.2. The molecule has 46 heavy (non-hydrogen) atoms. The van der Waals surface area contributed by atoms with Crippen molar-refractivity contribution >= 4 is 21.8 Å². The molecule has 1 N–H and O–H groups in total. The SMILES string of the molecule is COc1ccc(CCNC(=O)C(Cc2ccccc2)N(Cc2ccccc2)C(=O)CN(Cc2ccccc2)S(C)(=O)=O)cc1OC. The number of nitrogens with zero attached hydrogens (tertiary/aromatic N) is 2. The van der Waals surface area contributed by atoms with Crippen LogP contribution in [0.25, 0.3) is 0 Å². The summed E-state index contributed by atoms with van der Waals surface area (Å²) in [6, 6.07) is 32.7. The van der Waals surface area contributed by atoms with Gasteiger partial charge in [0.2, 0.25) is 21.8 Å². The van der Waals surface area contributed by atoms with E-state index in [-0.39, 0.29) is 25.4 Å². The normalized spacial score (nSPS) is 11.9. The topological polar surface area (TPSA) is 105 Å². The Labute approximate surface area is 271 Å². The molecule has 0 aliphatic rings. The molecule has 9 nitrogen and oxygen atoms in total. The summed E-state index contributed by atoms with van der Waals surface area (Å²) >= 11 is 0. The number of hydrogen-bond donors (Lipinski definition) is 1. The van der Waals surface area contributed by atoms with Gasteiger partial charge in [-0.05, 0) is 40.8 Å². The lowest BCUT2D eigenvalue weighted by atomic mass is 10.0. The molecule has 0 aliphatic heterocycles. The number of carbonyl (C=O) groups is 2. The maximum absolute atomic E-state index is 14.2. The van der Waals surface area contributed by atoms with Gasteiger partial charge in [-0.2, -0.15) is 4.31 Å². The van der Waals surface area contributed by atoms with Gasteiger partial charge >= 0.3 is 0 Å². The van der Waals surface area contributed by atoms with Gasteiger partial charge in [-0.3, -0.25) is 9.59 Å². The number of sulfonamides is 1. The first-order chi connectivity index (χ1) is 22.2. The van der Waals surface area contributed by atoms with Gasteiger partial charge in [0, 0.05) is 26.1 Å². The van der Waals surface area contributed by atoms with Crippen molar-refractivity contribution in [1.29, 1.82) is 0 Å². The highest BCUT2D eigenvalue weighted by atomic mass is 32.2. The number of benzene rings is 4. The summed E-state index contributed by atoms with van der Waals surface area (Å²) in [4.78, 5) is 29.7. The third-order valence-corrected chi connectivity index (χ3v) is 8.81. The first-order valence-corrected chi connectivity index (χ1v) is 16.9. The molecule has 0 fully saturated rings. The molecular weight excluding hydrogens is 602 g/mol. The highest BCUT2D eigenvalue weighted by Gasteiger charge is 2.32. The summed E-state index contributed by atoms with van der Waals surface area (Å²) in [5, 5.41) is 3.03. The number of ether oxygens (including phenoxy) is 2. The van der Waals surface area contributed by atoms with Crippen LogP contribution in [-0.2, 0) is 45.5 Å². The fourth-order valence-electron chi connectivity index (χ4n) is 5.14. The molecule has 1 atom stereocenters. The summed E-state index contributed by atoms with van der Waals surface area (Å²) < 4.78 is 37.6. The minimum absolute atomic E-state index is 0.0332. The number of rotatable bonds is 16. The average molecular weight is 644 g/mol. The predicted molar refractivity (Wildman–Crippen MR) is 179 cm³/mol. The van der Waals surface area contributed by atoms with E-state index in [0.29, 0.717) is 24.5 Å². The number of carbonyl (C=O) groups excluding carboxylic acids is 2. The molecule has 0 saturated heterocycles. The van der Waals surface area contributed by atoms with Crippen molar-refractivity contribution in [2.75, 3.05) is 33.6 Å². The molecule has 0 bridgehead atoms. The molecule has 4 aromatic rings. The lowest BCUT2D eigenvalue weighted by Crippen LogP contribution is -2.53. The summed E-state index contributed by atoms with van der Waals surface area (Å²) in [7, 11) is -0.615. The van der Waals surface area contributed by atoms with Crippen molar-refractivity contribution in [1.82, 2.24) is 14.5 Å². The van der Waals surface area contributed by atoms with Gasteiger partial charge < -0.3 is 19.7 Å². The predicted octanol–water partition coefficient (Wildman–Crippen LogP) is 4.46. The molecule has 4 aromatic carbocycles. The molecule has 0 radical (unpaired) electrons. The molecule has 4 rings (SSSR count). The molecule has 10 heteroatoms. The standard InChI is InChI=1S/C36H41N3O6S/c1-44-33-20-19-29(24-34(33)45-2)21-22-37-36(41)32(23-28-13-7-4-8-14-28)39(26-31-17-11-6-12-18-31)35(40)27-38(46(3,42)43)25-30-15-9-5-10-16-30/h4-20,24,32H,21-23,25-27H2,1-3H3,(H,37,41). The van der Waals surface area contributed by atoms with Crippen LogP contribution in [0.5, 0.6) is 11.5 Å². The van der Waals surface area contributed by atoms with Crippen molar-refractivity contribution in [3.8, 4) is 11.5 Å². The van der Waals surface area contributed by atoms with Gasteiger partial charge in [-0.25, -0.2) is 8.42 Å². The summed E-state index contributed by atoms with van der Waals surface area (Å²) in [6.07, 6.45) is 1.86. The van der Waals surface area contributed by atoms with Crippen molar-refractivity contribution in [2.24, 2.45) is 0 Å². The van der Waals surface area contributed by atoms with E-state index in [9.17, 15) is 18.0 Å². The molecule has 0 aliphatic carbocycles. The van der Waals surface area contributed by atoms with Crippen LogP contribution in [0.15, 0.2) is 109 Å². The largest absolute Gasteiger partial charge is 0.493 e. The average Bonchev–Trinajstić information content (AvgIpc) is 3.06. The van der Waals surface area contributed by atoms with Crippen LogP contribution in [0.1, 0.15) is 22.3 Å². The van der Waals surface area contributed by atoms with Crippen LogP contribution in [0, 0.1) is 0 Å². The smallest absolute Gasteiger partial charge is 0.243 e. The molecular formula is C36H41N3O6S. The van der Waals surface area contributed by atoms with Gasteiger partial charge in [0.1, 0.15) is 6.04 Å². The van der Waals surface area contributed by atoms with E-state index >= 15 is 0 Å². The van der Waals surface area contributed by atoms with Crippen LogP contribution in [0.3, 0.4) is 0 Å². The Morgan fingerprint density at radius 2 is 1.26 bits per heavy atom. The monoisotopic (exact) mass is 643 g/mol. The van der Waals surface area contributed by atoms with Crippen molar-refractivity contribution in [2.45, 2.75) is 32.0 Å². The van der Waals surface area contributed by atoms with E-state index in [1.54, 1.807) is 14.2 Å². The van der Waals surface area contributed by atoms with Crippen LogP contribution < -0.4 is 14.8 Å². The Kier molecular flexibility index (Phi) is 12.3. The minimum Gasteiger partial charge on any atom is -0.493 e. The summed E-state index contributed by atoms with van der Waals surface area (Å²) in [5.41, 5.74) is 3.39. The first-order valence-electron chi connectivity index (χ1n) is 15.0. The lowest BCUT2D eigenvalue weighted by molar-refractivity contribution is -0.141. The van der Waals surface area contributed by atoms with Crippen LogP contribution in [-0.4, -0.2) is 69.0 Å². The van der Waals surface area contributed by atoms with E-state index in [0.717, 1.165) is 32.8 Å². The van der Waals surface area contributed by atoms with Crippen molar-refractivity contribution < 1.29 is 27.5 Å². The Morgan fingerprint density at radius 1 is 0.717 bits per heavy atom. The molecule has 1 unspecified atom stereocenters. The number of methoxy groups -OCH3 is 2. The van der Waals surface area contributed by atoms with Crippen LogP contribution in [0.2, 0.25) is 0 Å². The molecule has 242 valence electrons. The highest BCUT2D eigenvalue weighted by Crippen LogP contribution is 2.27. The van der Waals surface area contributed by atoms with Gasteiger partial charge in [0.15, 0.2) is 11.5 Å². The number of hydrogen-bond acceptors (Lipinski definition) is 6. The van der Waals surface area contributed by atoms with E-state index in [1.807, 2.05) is 109 Å². The zero-order valence-corrected chi connectivity index (χ0v) is 27.3. The fraction of sp³-hybridized carbons (Fsp3) is 0.278. The highest BCUT2D eigenvalue weighted by molar-refractivity contribution is 7.88. The van der Waals surface area contributed by atoms with E-state index in [4.69, 9.17) is 9.47 Å². The van der Waals surface area contributed by atoms with Gasteiger partial charge in [-0.15, -0.1) is 0 Å². The molecule has 0 heterocycles. The molecule has 0 spiro atoms. The van der Waals surface area contributed by atoms with E-state index < -0.39 is 28.5 Å². The number of nitrogens with one attached hydrogen (secondary N) is 1. The maximum Gasteiger partial charge on any atom is 0.243 e. The van der Waals surface area contributed by atoms with Gasteiger partial charge in [-0.1, -0.05) is 97.1 Å². The minimum atomic E-state index is -3.76. The molecule has 2 amide bonds. The fourth-order valence-corrected chi connectivity index (χ4v) is 5.87. The van der Waals surface area contributed by atoms with Crippen molar-refractivity contribution in [3.05, 3.63) is 131 Å². The van der Waals surface area contributed by atoms with Gasteiger partial charge in [0.25, 0.3) is 0 Å². The second kappa shape index (κ2) is 16.6. The second-order valence-electron chi connectivity index (χ2n) is 11.0. The van der Waals surface area contributed by atoms with E-state index in [2.05, 4.69) is 5.32 Å².